The number of benzene rings is 2. The van der Waals surface area contributed by atoms with Crippen molar-refractivity contribution in [1.29, 1.82) is 0 Å². The van der Waals surface area contributed by atoms with E-state index in [1.807, 2.05) is 43.3 Å². The first-order chi connectivity index (χ1) is 16.6. The van der Waals surface area contributed by atoms with Crippen LogP contribution in [0.4, 0.5) is 24.9 Å². The molecular weight excluding hydrogens is 563 g/mol. The van der Waals surface area contributed by atoms with E-state index in [0.717, 1.165) is 22.8 Å². The summed E-state index contributed by atoms with van der Waals surface area (Å²) in [5, 5.41) is 4.29. The van der Waals surface area contributed by atoms with Crippen molar-refractivity contribution in [2.24, 2.45) is 5.92 Å². The Labute approximate surface area is 221 Å². The van der Waals surface area contributed by atoms with E-state index in [0.29, 0.717) is 42.9 Å². The highest BCUT2D eigenvalue weighted by atomic mass is 79.9. The third-order valence-corrected chi connectivity index (χ3v) is 6.35. The minimum absolute atomic E-state index is 0. The molecule has 0 radical (unpaired) electrons. The third kappa shape index (κ3) is 6.70. The maximum absolute atomic E-state index is 13.0. The molecule has 1 saturated heterocycles. The Balaban J connectivity index is 0.00000361. The number of carbonyl (C=O) groups is 1. The van der Waals surface area contributed by atoms with Gasteiger partial charge in [0.1, 0.15) is 11.6 Å². The Bertz CT molecular complexity index is 1220. The van der Waals surface area contributed by atoms with Crippen molar-refractivity contribution in [3.05, 3.63) is 52.5 Å². The second kappa shape index (κ2) is 11.5. The normalized spacial score (nSPS) is 14.3. The number of rotatable bonds is 6. The second-order valence-corrected chi connectivity index (χ2v) is 9.50. The number of halogens is 5. The first-order valence-corrected chi connectivity index (χ1v) is 11.9. The lowest BCUT2D eigenvalue weighted by molar-refractivity contribution is -0.274. The fourth-order valence-electron chi connectivity index (χ4n) is 4.11. The fraction of sp³-hybridized carbons (Fsp3) is 0.375. The number of nitrogens with one attached hydrogen (secondary N) is 1. The molecule has 1 aliphatic rings. The van der Waals surface area contributed by atoms with E-state index in [-0.39, 0.29) is 23.9 Å². The predicted molar refractivity (Wildman–Crippen MR) is 139 cm³/mol. The van der Waals surface area contributed by atoms with Crippen LogP contribution >= 0.6 is 28.3 Å². The van der Waals surface area contributed by atoms with Crippen LogP contribution in [0.3, 0.4) is 0 Å². The summed E-state index contributed by atoms with van der Waals surface area (Å²) in [6.07, 6.45) is -3.47. The number of likely N-dealkylation sites (tertiary alicyclic amines) is 1. The number of fused-ring (bicyclic) bond motifs is 1. The highest BCUT2D eigenvalue weighted by Gasteiger charge is 2.34. The van der Waals surface area contributed by atoms with Crippen LogP contribution in [-0.4, -0.2) is 60.9 Å². The standard InChI is InChI=1S/C24H25BrF3N5O2.ClH/c1-32(2)21-17-5-3-4-6-19(17)30-23(31-21)29-14-15-9-11-33(12-10-15)22(34)18-8-7-16(25)13-20(18)35-24(26,27)28;/h3-8,13,15H,9-12,14H2,1-2H3,(H,29,30,31);1H. The molecule has 0 spiro atoms. The van der Waals surface area contributed by atoms with E-state index < -0.39 is 18.0 Å². The molecule has 0 aliphatic carbocycles. The minimum atomic E-state index is -4.88. The molecular formula is C24H26BrClF3N5O2. The highest BCUT2D eigenvalue weighted by Crippen LogP contribution is 2.31. The number of hydrogen-bond acceptors (Lipinski definition) is 6. The fourth-order valence-corrected chi connectivity index (χ4v) is 4.45. The topological polar surface area (TPSA) is 70.6 Å². The van der Waals surface area contributed by atoms with Crippen LogP contribution < -0.4 is 15.0 Å². The van der Waals surface area contributed by atoms with Crippen molar-refractivity contribution < 1.29 is 22.7 Å². The van der Waals surface area contributed by atoms with Gasteiger partial charge in [-0.2, -0.15) is 4.98 Å². The van der Waals surface area contributed by atoms with Gasteiger partial charge >= 0.3 is 6.36 Å². The summed E-state index contributed by atoms with van der Waals surface area (Å²) in [6.45, 7) is 1.51. The Morgan fingerprint density at radius 2 is 1.86 bits per heavy atom. The number of anilines is 2. The van der Waals surface area contributed by atoms with E-state index in [1.54, 1.807) is 4.90 Å². The van der Waals surface area contributed by atoms with E-state index in [2.05, 4.69) is 36.0 Å². The van der Waals surface area contributed by atoms with Crippen LogP contribution in [0.25, 0.3) is 10.9 Å². The zero-order chi connectivity index (χ0) is 25.2. The molecule has 1 aliphatic heterocycles. The van der Waals surface area contributed by atoms with Crippen molar-refractivity contribution in [3.63, 3.8) is 0 Å². The highest BCUT2D eigenvalue weighted by molar-refractivity contribution is 9.10. The van der Waals surface area contributed by atoms with Crippen molar-refractivity contribution in [2.45, 2.75) is 19.2 Å². The Morgan fingerprint density at radius 1 is 1.17 bits per heavy atom. The van der Waals surface area contributed by atoms with E-state index in [4.69, 9.17) is 0 Å². The maximum atomic E-state index is 13.0. The molecule has 1 amide bonds. The van der Waals surface area contributed by atoms with Gasteiger partial charge < -0.3 is 19.9 Å². The van der Waals surface area contributed by atoms with Crippen LogP contribution in [-0.2, 0) is 0 Å². The number of ether oxygens (including phenoxy) is 1. The monoisotopic (exact) mass is 587 g/mol. The zero-order valence-corrected chi connectivity index (χ0v) is 22.1. The van der Waals surface area contributed by atoms with Gasteiger partial charge in [-0.25, -0.2) is 4.98 Å². The largest absolute Gasteiger partial charge is 0.573 e. The van der Waals surface area contributed by atoms with Gasteiger partial charge in [-0.05, 0) is 49.1 Å². The Hall–Kier alpha value is -2.79. The lowest BCUT2D eigenvalue weighted by atomic mass is 9.96. The molecule has 0 unspecified atom stereocenters. The lowest BCUT2D eigenvalue weighted by Gasteiger charge is -2.32. The number of alkyl halides is 3. The van der Waals surface area contributed by atoms with E-state index in [1.165, 1.54) is 12.1 Å². The lowest BCUT2D eigenvalue weighted by Crippen LogP contribution is -2.40. The van der Waals surface area contributed by atoms with Crippen LogP contribution in [0.2, 0.25) is 0 Å². The van der Waals surface area contributed by atoms with Crippen LogP contribution in [0.1, 0.15) is 23.2 Å². The first kappa shape index (κ1) is 27.8. The molecule has 1 fully saturated rings. The van der Waals surface area contributed by atoms with Crippen molar-refractivity contribution in [2.75, 3.05) is 43.9 Å². The second-order valence-electron chi connectivity index (χ2n) is 8.59. The number of nitrogens with zero attached hydrogens (tertiary/aromatic N) is 4. The van der Waals surface area contributed by atoms with Gasteiger partial charge in [0.15, 0.2) is 0 Å². The molecule has 1 N–H and O–H groups in total. The number of piperidine rings is 1. The number of hydrogen-bond donors (Lipinski definition) is 1. The smallest absolute Gasteiger partial charge is 0.405 e. The maximum Gasteiger partial charge on any atom is 0.573 e. The van der Waals surface area contributed by atoms with E-state index in [9.17, 15) is 18.0 Å². The summed E-state index contributed by atoms with van der Waals surface area (Å²) < 4.78 is 42.9. The quantitative estimate of drug-likeness (QED) is 0.396. The van der Waals surface area contributed by atoms with Crippen molar-refractivity contribution in [3.8, 4) is 5.75 Å². The summed E-state index contributed by atoms with van der Waals surface area (Å²) in [5.74, 6) is 0.648. The Morgan fingerprint density at radius 3 is 2.53 bits per heavy atom. The summed E-state index contributed by atoms with van der Waals surface area (Å²) in [4.78, 5) is 25.7. The molecule has 0 saturated carbocycles. The van der Waals surface area contributed by atoms with Gasteiger partial charge in [0.05, 0.1) is 11.1 Å². The van der Waals surface area contributed by atoms with Gasteiger partial charge in [0, 0.05) is 43.6 Å². The summed E-state index contributed by atoms with van der Waals surface area (Å²) in [6, 6.07) is 11.8. The van der Waals surface area contributed by atoms with Crippen LogP contribution in [0, 0.1) is 5.92 Å². The average molecular weight is 589 g/mol. The summed E-state index contributed by atoms with van der Waals surface area (Å²) in [7, 11) is 3.86. The van der Waals surface area contributed by atoms with Gasteiger partial charge in [-0.3, -0.25) is 4.79 Å². The first-order valence-electron chi connectivity index (χ1n) is 11.1. The van der Waals surface area contributed by atoms with Crippen LogP contribution in [0.5, 0.6) is 5.75 Å². The predicted octanol–water partition coefficient (Wildman–Crippen LogP) is 5.74. The zero-order valence-electron chi connectivity index (χ0n) is 19.7. The number of para-hydroxylation sites is 1. The molecule has 36 heavy (non-hydrogen) atoms. The average Bonchev–Trinajstić information content (AvgIpc) is 2.81. The molecule has 1 aromatic heterocycles. The van der Waals surface area contributed by atoms with Gasteiger partial charge in [0.25, 0.3) is 5.91 Å². The minimum Gasteiger partial charge on any atom is -0.405 e. The number of carbonyl (C=O) groups excluding carboxylic acids is 1. The van der Waals surface area contributed by atoms with Crippen molar-refractivity contribution >= 4 is 56.9 Å². The number of amides is 1. The third-order valence-electron chi connectivity index (χ3n) is 5.86. The molecule has 7 nitrogen and oxygen atoms in total. The molecule has 4 rings (SSSR count). The molecule has 12 heteroatoms. The van der Waals surface area contributed by atoms with E-state index >= 15 is 0 Å². The summed E-state index contributed by atoms with van der Waals surface area (Å²) >= 11 is 3.13. The molecule has 0 atom stereocenters. The SMILES string of the molecule is CN(C)c1nc(NCC2CCN(C(=O)c3ccc(Br)cc3OC(F)(F)F)CC2)nc2ccccc12.Cl. The van der Waals surface area contributed by atoms with Crippen LogP contribution in [0.15, 0.2) is 46.9 Å². The molecule has 194 valence electrons. The molecule has 3 aromatic rings. The molecule has 2 aromatic carbocycles. The summed E-state index contributed by atoms with van der Waals surface area (Å²) in [5.41, 5.74) is 0.739. The number of aromatic nitrogens is 2. The Kier molecular flexibility index (Phi) is 8.89. The van der Waals surface area contributed by atoms with Gasteiger partial charge in [-0.15, -0.1) is 25.6 Å². The molecule has 0 bridgehead atoms. The molecule has 2 heterocycles. The van der Waals surface area contributed by atoms with Crippen molar-refractivity contribution in [1.82, 2.24) is 14.9 Å². The van der Waals surface area contributed by atoms with Gasteiger partial charge in [-0.1, -0.05) is 28.1 Å². The van der Waals surface area contributed by atoms with Gasteiger partial charge in [0.2, 0.25) is 5.95 Å².